The fraction of sp³-hybridized carbons (Fsp3) is 0.381. The van der Waals surface area contributed by atoms with Gasteiger partial charge in [-0.05, 0) is 29.8 Å². The standard InChI is InChI=1S/C21H23FN4O3/c1-29-12-19(27)26-10-15-9-25(18-6-5-14(8-24-18)21(23)28)11-17(15)20(26)13-3-2-4-16(22)7-13/h2-8,15,17,20H,9-12H2,1H3,(H2,23,28)/t15-,17-,20+/m1/s1. The summed E-state index contributed by atoms with van der Waals surface area (Å²) in [6, 6.07) is 9.68. The minimum Gasteiger partial charge on any atom is -0.375 e. The third kappa shape index (κ3) is 3.67. The predicted octanol–water partition coefficient (Wildman–Crippen LogP) is 1.60. The molecule has 0 saturated carbocycles. The molecule has 152 valence electrons. The first kappa shape index (κ1) is 19.3. The number of nitrogens with zero attached hydrogens (tertiary/aromatic N) is 3. The lowest BCUT2D eigenvalue weighted by Crippen LogP contribution is -2.37. The minimum atomic E-state index is -0.513. The zero-order valence-electron chi connectivity index (χ0n) is 16.1. The van der Waals surface area contributed by atoms with Gasteiger partial charge in [-0.25, -0.2) is 9.37 Å². The van der Waals surface area contributed by atoms with Gasteiger partial charge in [-0.2, -0.15) is 0 Å². The maximum absolute atomic E-state index is 13.9. The molecule has 2 aromatic rings. The van der Waals surface area contributed by atoms with Crippen molar-refractivity contribution in [2.75, 3.05) is 38.3 Å². The van der Waals surface area contributed by atoms with E-state index in [4.69, 9.17) is 10.5 Å². The highest BCUT2D eigenvalue weighted by Crippen LogP contribution is 2.45. The molecule has 29 heavy (non-hydrogen) atoms. The molecule has 4 rings (SSSR count). The van der Waals surface area contributed by atoms with E-state index < -0.39 is 5.91 Å². The number of fused-ring (bicyclic) bond motifs is 1. The zero-order valence-corrected chi connectivity index (χ0v) is 16.1. The Hall–Kier alpha value is -3.00. The second-order valence-corrected chi connectivity index (χ2v) is 7.58. The number of carbonyl (C=O) groups is 2. The summed E-state index contributed by atoms with van der Waals surface area (Å²) in [5, 5.41) is 0. The SMILES string of the molecule is COCC(=O)N1C[C@H]2CN(c3ccc(C(N)=O)cn3)C[C@H]2[C@@H]1c1cccc(F)c1. The van der Waals surface area contributed by atoms with E-state index in [0.29, 0.717) is 18.7 Å². The highest BCUT2D eigenvalue weighted by molar-refractivity contribution is 5.92. The van der Waals surface area contributed by atoms with Crippen LogP contribution in [-0.4, -0.2) is 55.0 Å². The normalized spacial score (nSPS) is 23.3. The predicted molar refractivity (Wildman–Crippen MR) is 105 cm³/mol. The first-order valence-electron chi connectivity index (χ1n) is 9.52. The number of rotatable bonds is 5. The lowest BCUT2D eigenvalue weighted by Gasteiger charge is -2.30. The topological polar surface area (TPSA) is 88.8 Å². The third-order valence-corrected chi connectivity index (χ3v) is 5.80. The summed E-state index contributed by atoms with van der Waals surface area (Å²) in [5.74, 6) is 0.227. The van der Waals surface area contributed by atoms with Crippen LogP contribution < -0.4 is 10.6 Å². The van der Waals surface area contributed by atoms with E-state index >= 15 is 0 Å². The number of hydrogen-bond acceptors (Lipinski definition) is 5. The molecule has 2 aliphatic rings. The summed E-state index contributed by atoms with van der Waals surface area (Å²) in [7, 11) is 1.50. The Morgan fingerprint density at radius 3 is 2.72 bits per heavy atom. The molecule has 2 aliphatic heterocycles. The van der Waals surface area contributed by atoms with Crippen molar-refractivity contribution in [3.8, 4) is 0 Å². The van der Waals surface area contributed by atoms with E-state index in [2.05, 4.69) is 9.88 Å². The molecular formula is C21H23FN4O3. The van der Waals surface area contributed by atoms with Crippen LogP contribution in [0.2, 0.25) is 0 Å². The van der Waals surface area contributed by atoms with Crippen molar-refractivity contribution in [3.63, 3.8) is 0 Å². The Balaban J connectivity index is 1.60. The van der Waals surface area contributed by atoms with Gasteiger partial charge in [-0.15, -0.1) is 0 Å². The van der Waals surface area contributed by atoms with Gasteiger partial charge < -0.3 is 20.3 Å². The number of methoxy groups -OCH3 is 1. The molecule has 0 spiro atoms. The molecule has 3 heterocycles. The van der Waals surface area contributed by atoms with Gasteiger partial charge in [0.15, 0.2) is 0 Å². The van der Waals surface area contributed by atoms with Crippen molar-refractivity contribution in [3.05, 3.63) is 59.5 Å². The Labute approximate surface area is 168 Å². The summed E-state index contributed by atoms with van der Waals surface area (Å²) in [4.78, 5) is 32.2. The molecule has 2 fully saturated rings. The molecule has 8 heteroatoms. The molecule has 2 N–H and O–H groups in total. The molecule has 7 nitrogen and oxygen atoms in total. The number of nitrogens with two attached hydrogens (primary N) is 1. The summed E-state index contributed by atoms with van der Waals surface area (Å²) in [6.07, 6.45) is 1.48. The van der Waals surface area contributed by atoms with E-state index in [0.717, 1.165) is 17.9 Å². The molecule has 2 saturated heterocycles. The van der Waals surface area contributed by atoms with Crippen LogP contribution in [0.25, 0.3) is 0 Å². The number of anilines is 1. The lowest BCUT2D eigenvalue weighted by molar-refractivity contribution is -0.136. The zero-order chi connectivity index (χ0) is 20.5. The quantitative estimate of drug-likeness (QED) is 0.827. The maximum Gasteiger partial charge on any atom is 0.250 e. The first-order valence-corrected chi connectivity index (χ1v) is 9.52. The second kappa shape index (κ2) is 7.79. The average Bonchev–Trinajstić information content (AvgIpc) is 3.26. The average molecular weight is 398 g/mol. The highest BCUT2D eigenvalue weighted by Gasteiger charge is 2.49. The number of pyridine rings is 1. The van der Waals surface area contributed by atoms with Gasteiger partial charge in [-0.1, -0.05) is 12.1 Å². The van der Waals surface area contributed by atoms with Crippen LogP contribution in [0.15, 0.2) is 42.6 Å². The molecule has 1 aromatic carbocycles. The van der Waals surface area contributed by atoms with E-state index in [1.807, 2.05) is 11.0 Å². The fourth-order valence-corrected chi connectivity index (χ4v) is 4.53. The fourth-order valence-electron chi connectivity index (χ4n) is 4.53. The molecule has 1 aromatic heterocycles. The highest BCUT2D eigenvalue weighted by atomic mass is 19.1. The van der Waals surface area contributed by atoms with Gasteiger partial charge in [0.1, 0.15) is 18.2 Å². The lowest BCUT2D eigenvalue weighted by atomic mass is 9.89. The van der Waals surface area contributed by atoms with Crippen molar-refractivity contribution >= 4 is 17.6 Å². The second-order valence-electron chi connectivity index (χ2n) is 7.58. The van der Waals surface area contributed by atoms with Gasteiger partial charge in [0.05, 0.1) is 11.6 Å². The number of amides is 2. The van der Waals surface area contributed by atoms with Crippen LogP contribution in [0.3, 0.4) is 0 Å². The summed E-state index contributed by atoms with van der Waals surface area (Å²) in [5.41, 5.74) is 6.44. The number of likely N-dealkylation sites (tertiary alicyclic amines) is 1. The van der Waals surface area contributed by atoms with Crippen LogP contribution in [0.1, 0.15) is 22.0 Å². The van der Waals surface area contributed by atoms with Gasteiger partial charge in [-0.3, -0.25) is 9.59 Å². The number of hydrogen-bond donors (Lipinski definition) is 1. The number of benzene rings is 1. The maximum atomic E-state index is 13.9. The molecular weight excluding hydrogens is 375 g/mol. The smallest absolute Gasteiger partial charge is 0.250 e. The van der Waals surface area contributed by atoms with Gasteiger partial charge in [0.2, 0.25) is 11.8 Å². The molecule has 2 amide bonds. The van der Waals surface area contributed by atoms with Crippen molar-refractivity contribution in [2.45, 2.75) is 6.04 Å². The Kier molecular flexibility index (Phi) is 5.19. The van der Waals surface area contributed by atoms with E-state index in [1.54, 1.807) is 18.2 Å². The molecule has 3 atom stereocenters. The van der Waals surface area contributed by atoms with E-state index in [9.17, 15) is 14.0 Å². The van der Waals surface area contributed by atoms with E-state index in [-0.39, 0.29) is 36.2 Å². The van der Waals surface area contributed by atoms with Crippen molar-refractivity contribution < 1.29 is 18.7 Å². The van der Waals surface area contributed by atoms with Crippen LogP contribution >= 0.6 is 0 Å². The first-order chi connectivity index (χ1) is 14.0. The number of ether oxygens (including phenoxy) is 1. The Morgan fingerprint density at radius 1 is 1.24 bits per heavy atom. The Morgan fingerprint density at radius 2 is 2.07 bits per heavy atom. The number of aromatic nitrogens is 1. The molecule has 0 radical (unpaired) electrons. The van der Waals surface area contributed by atoms with Crippen LogP contribution in [0.5, 0.6) is 0 Å². The van der Waals surface area contributed by atoms with Gasteiger partial charge >= 0.3 is 0 Å². The largest absolute Gasteiger partial charge is 0.375 e. The van der Waals surface area contributed by atoms with Crippen molar-refractivity contribution in [1.82, 2.24) is 9.88 Å². The van der Waals surface area contributed by atoms with Crippen LogP contribution in [0, 0.1) is 17.7 Å². The summed E-state index contributed by atoms with van der Waals surface area (Å²) >= 11 is 0. The summed E-state index contributed by atoms with van der Waals surface area (Å²) in [6.45, 7) is 2.01. The Bertz CT molecular complexity index is 920. The van der Waals surface area contributed by atoms with E-state index in [1.165, 1.54) is 25.4 Å². The van der Waals surface area contributed by atoms with Crippen LogP contribution in [-0.2, 0) is 9.53 Å². The number of carbonyl (C=O) groups excluding carboxylic acids is 2. The minimum absolute atomic E-state index is 0.00506. The van der Waals surface area contributed by atoms with Crippen LogP contribution in [0.4, 0.5) is 10.2 Å². The molecule has 0 bridgehead atoms. The summed E-state index contributed by atoms with van der Waals surface area (Å²) < 4.78 is 18.9. The third-order valence-electron chi connectivity index (χ3n) is 5.80. The molecule has 0 unspecified atom stereocenters. The van der Waals surface area contributed by atoms with Gasteiger partial charge in [0, 0.05) is 44.8 Å². The van der Waals surface area contributed by atoms with Crippen molar-refractivity contribution in [2.24, 2.45) is 17.6 Å². The van der Waals surface area contributed by atoms with Crippen molar-refractivity contribution in [1.29, 1.82) is 0 Å². The molecule has 0 aliphatic carbocycles. The number of primary amides is 1. The number of halogens is 1. The monoisotopic (exact) mass is 398 g/mol. The van der Waals surface area contributed by atoms with Gasteiger partial charge in [0.25, 0.3) is 0 Å².